The Kier molecular flexibility index (Phi) is 5.26. The molecule has 3 atom stereocenters. The molecule has 2 aromatic carbocycles. The Labute approximate surface area is 154 Å². The molecule has 0 radical (unpaired) electrons. The molecule has 5 heteroatoms. The fourth-order valence-electron chi connectivity index (χ4n) is 3.89. The molecule has 0 aromatic heterocycles. The molecular weight excluding hydrogens is 328 g/mol. The Bertz CT molecular complexity index is 787. The molecule has 0 aliphatic carbocycles. The van der Waals surface area contributed by atoms with E-state index in [0.29, 0.717) is 6.42 Å². The second kappa shape index (κ2) is 7.60. The average Bonchev–Trinajstić information content (AvgIpc) is 2.67. The van der Waals surface area contributed by atoms with Gasteiger partial charge in [0.05, 0.1) is 13.0 Å². The van der Waals surface area contributed by atoms with Crippen molar-refractivity contribution in [2.45, 2.75) is 38.3 Å². The van der Waals surface area contributed by atoms with Crippen molar-refractivity contribution in [1.82, 2.24) is 0 Å². The van der Waals surface area contributed by atoms with Crippen LogP contribution in [0.2, 0.25) is 0 Å². The van der Waals surface area contributed by atoms with Gasteiger partial charge in [-0.25, -0.2) is 0 Å². The Hall–Kier alpha value is -2.82. The molecule has 0 saturated heterocycles. The van der Waals surface area contributed by atoms with Crippen molar-refractivity contribution in [2.75, 3.05) is 12.0 Å². The summed E-state index contributed by atoms with van der Waals surface area (Å²) in [6.07, 6.45) is 2.75. The van der Waals surface area contributed by atoms with Crippen LogP contribution >= 0.6 is 0 Å². The van der Waals surface area contributed by atoms with Gasteiger partial charge >= 0.3 is 0 Å². The molecular formula is C21H24N2O3. The summed E-state index contributed by atoms with van der Waals surface area (Å²) >= 11 is 0. The van der Waals surface area contributed by atoms with Crippen molar-refractivity contribution in [3.8, 4) is 5.75 Å². The van der Waals surface area contributed by atoms with E-state index < -0.39 is 6.04 Å². The van der Waals surface area contributed by atoms with Crippen molar-refractivity contribution in [1.29, 1.82) is 0 Å². The minimum Gasteiger partial charge on any atom is -0.497 e. The van der Waals surface area contributed by atoms with E-state index in [2.05, 4.69) is 6.20 Å². The van der Waals surface area contributed by atoms with E-state index in [1.807, 2.05) is 73.3 Å². The van der Waals surface area contributed by atoms with Crippen LogP contribution in [0.15, 0.2) is 66.4 Å². The zero-order valence-corrected chi connectivity index (χ0v) is 15.3. The normalized spacial score (nSPS) is 22.7. The molecule has 1 aliphatic rings. The summed E-state index contributed by atoms with van der Waals surface area (Å²) in [5, 5.41) is 12.1. The zero-order valence-electron chi connectivity index (χ0n) is 15.3. The first-order chi connectivity index (χ1) is 12.6. The van der Waals surface area contributed by atoms with Crippen LogP contribution in [0.1, 0.15) is 31.7 Å². The van der Waals surface area contributed by atoms with Gasteiger partial charge in [0.25, 0.3) is 0 Å². The van der Waals surface area contributed by atoms with Crippen LogP contribution in [0.5, 0.6) is 5.75 Å². The zero-order chi connectivity index (χ0) is 18.7. The summed E-state index contributed by atoms with van der Waals surface area (Å²) in [4.78, 5) is 14.0. The topological polar surface area (TPSA) is 55.6 Å². The van der Waals surface area contributed by atoms with Crippen LogP contribution in [0, 0.1) is 10.1 Å². The van der Waals surface area contributed by atoms with Crippen LogP contribution in [-0.4, -0.2) is 24.1 Å². The van der Waals surface area contributed by atoms with Crippen molar-refractivity contribution in [2.24, 2.45) is 0 Å². The highest BCUT2D eigenvalue weighted by Crippen LogP contribution is 2.39. The Balaban J connectivity index is 2.07. The van der Waals surface area contributed by atoms with Gasteiger partial charge < -0.3 is 9.64 Å². The van der Waals surface area contributed by atoms with Crippen LogP contribution in [0.25, 0.3) is 0 Å². The van der Waals surface area contributed by atoms with E-state index in [9.17, 15) is 10.1 Å². The summed E-state index contributed by atoms with van der Waals surface area (Å²) in [6.45, 7) is 3.99. The lowest BCUT2D eigenvalue weighted by Crippen LogP contribution is -2.51. The van der Waals surface area contributed by atoms with E-state index in [0.717, 1.165) is 22.6 Å². The maximum absolute atomic E-state index is 12.1. The third kappa shape index (κ3) is 3.29. The number of nitrogens with zero attached hydrogens (tertiary/aromatic N) is 2. The van der Waals surface area contributed by atoms with Gasteiger partial charge in [0, 0.05) is 16.8 Å². The van der Waals surface area contributed by atoms with Crippen LogP contribution in [0.3, 0.4) is 0 Å². The van der Waals surface area contributed by atoms with Crippen LogP contribution in [-0.2, 0) is 0 Å². The predicted molar refractivity (Wildman–Crippen MR) is 103 cm³/mol. The summed E-state index contributed by atoms with van der Waals surface area (Å²) in [6, 6.07) is 16.5. The molecule has 5 nitrogen and oxygen atoms in total. The van der Waals surface area contributed by atoms with Crippen molar-refractivity contribution in [3.05, 3.63) is 82.0 Å². The van der Waals surface area contributed by atoms with Gasteiger partial charge in [-0.15, -0.1) is 0 Å². The number of ether oxygens (including phenoxy) is 1. The molecule has 0 amide bonds. The van der Waals surface area contributed by atoms with Crippen molar-refractivity contribution >= 4 is 5.69 Å². The SMILES string of the molecule is CC[C@H]1[C@H]([N+](=O)[O-])[C@H](c2ccccc2)C(C)=CN1c1ccc(OC)cc1. The number of hydrogen-bond donors (Lipinski definition) is 0. The van der Waals surface area contributed by atoms with Crippen LogP contribution < -0.4 is 9.64 Å². The first-order valence-electron chi connectivity index (χ1n) is 8.86. The smallest absolute Gasteiger partial charge is 0.243 e. The molecule has 0 spiro atoms. The maximum Gasteiger partial charge on any atom is 0.243 e. The number of anilines is 1. The third-order valence-electron chi connectivity index (χ3n) is 5.12. The second-order valence-electron chi connectivity index (χ2n) is 6.62. The van der Waals surface area contributed by atoms with Crippen LogP contribution in [0.4, 0.5) is 5.69 Å². The van der Waals surface area contributed by atoms with Gasteiger partial charge in [-0.1, -0.05) is 37.3 Å². The first-order valence-corrected chi connectivity index (χ1v) is 8.86. The fraction of sp³-hybridized carbons (Fsp3) is 0.333. The third-order valence-corrected chi connectivity index (χ3v) is 5.12. The average molecular weight is 352 g/mol. The summed E-state index contributed by atoms with van der Waals surface area (Å²) in [5.41, 5.74) is 2.93. The molecule has 0 N–H and O–H groups in total. The van der Waals surface area contributed by atoms with E-state index >= 15 is 0 Å². The Morgan fingerprint density at radius 3 is 2.31 bits per heavy atom. The summed E-state index contributed by atoms with van der Waals surface area (Å²) < 4.78 is 5.22. The number of benzene rings is 2. The molecule has 2 aromatic rings. The predicted octanol–water partition coefficient (Wildman–Crippen LogP) is 4.63. The quantitative estimate of drug-likeness (QED) is 0.582. The minimum absolute atomic E-state index is 0.112. The molecule has 136 valence electrons. The number of hydrogen-bond acceptors (Lipinski definition) is 4. The molecule has 0 saturated carbocycles. The van der Waals surface area contributed by atoms with Crippen molar-refractivity contribution < 1.29 is 9.66 Å². The lowest BCUT2D eigenvalue weighted by atomic mass is 9.78. The lowest BCUT2D eigenvalue weighted by molar-refractivity contribution is -0.529. The van der Waals surface area contributed by atoms with E-state index in [-0.39, 0.29) is 16.9 Å². The summed E-state index contributed by atoms with van der Waals surface area (Å²) in [7, 11) is 1.63. The fourth-order valence-corrected chi connectivity index (χ4v) is 3.89. The summed E-state index contributed by atoms with van der Waals surface area (Å²) in [5.74, 6) is 0.554. The number of nitro groups is 1. The molecule has 3 rings (SSSR count). The largest absolute Gasteiger partial charge is 0.497 e. The Morgan fingerprint density at radius 1 is 1.12 bits per heavy atom. The van der Waals surface area contributed by atoms with Gasteiger partial charge in [-0.3, -0.25) is 10.1 Å². The Morgan fingerprint density at radius 2 is 1.77 bits per heavy atom. The molecule has 0 unspecified atom stereocenters. The highest BCUT2D eigenvalue weighted by Gasteiger charge is 2.45. The monoisotopic (exact) mass is 352 g/mol. The number of methoxy groups -OCH3 is 1. The van der Waals surface area contributed by atoms with Gasteiger partial charge in [0.2, 0.25) is 6.04 Å². The van der Waals surface area contributed by atoms with E-state index in [4.69, 9.17) is 4.74 Å². The number of rotatable bonds is 5. The van der Waals surface area contributed by atoms with Crippen molar-refractivity contribution in [3.63, 3.8) is 0 Å². The lowest BCUT2D eigenvalue weighted by Gasteiger charge is -2.40. The molecule has 0 bridgehead atoms. The first kappa shape index (κ1) is 18.0. The molecule has 1 heterocycles. The van der Waals surface area contributed by atoms with Gasteiger partial charge in [-0.2, -0.15) is 0 Å². The maximum atomic E-state index is 12.1. The highest BCUT2D eigenvalue weighted by atomic mass is 16.6. The van der Waals surface area contributed by atoms with Gasteiger partial charge in [-0.05, 0) is 48.7 Å². The molecule has 1 aliphatic heterocycles. The van der Waals surface area contributed by atoms with E-state index in [1.54, 1.807) is 7.11 Å². The molecule has 26 heavy (non-hydrogen) atoms. The van der Waals surface area contributed by atoms with Gasteiger partial charge in [0.1, 0.15) is 11.8 Å². The second-order valence-corrected chi connectivity index (χ2v) is 6.62. The van der Waals surface area contributed by atoms with E-state index in [1.165, 1.54) is 0 Å². The molecule has 0 fully saturated rings. The minimum atomic E-state index is -0.700. The highest BCUT2D eigenvalue weighted by molar-refractivity contribution is 5.55. The standard InChI is InChI=1S/C21H24N2O3/c1-4-19-21(23(24)25)20(16-8-6-5-7-9-16)15(2)14-22(19)17-10-12-18(26-3)13-11-17/h5-14,19-21H,4H2,1-3H3/t19-,20-,21-/m0/s1. The van der Waals surface area contributed by atoms with Gasteiger partial charge in [0.15, 0.2) is 0 Å².